The van der Waals surface area contributed by atoms with Crippen LogP contribution >= 0.6 is 11.3 Å². The number of hydrogen-bond donors (Lipinski definition) is 1. The first-order valence-corrected chi connectivity index (χ1v) is 17.0. The highest BCUT2D eigenvalue weighted by atomic mass is 32.1. The zero-order valence-corrected chi connectivity index (χ0v) is 29.2. The summed E-state index contributed by atoms with van der Waals surface area (Å²) in [7, 11) is 1.65. The number of aromatic nitrogens is 3. The van der Waals surface area contributed by atoms with Gasteiger partial charge in [-0.05, 0) is 61.9 Å². The monoisotopic (exact) mass is 666 g/mol. The molecule has 2 aromatic heterocycles. The summed E-state index contributed by atoms with van der Waals surface area (Å²) < 4.78 is 20.3. The average Bonchev–Trinajstić information content (AvgIpc) is 3.66. The maximum Gasteiger partial charge on any atom is 0.311 e. The van der Waals surface area contributed by atoms with E-state index in [2.05, 4.69) is 43.4 Å². The minimum atomic E-state index is -0.914. The maximum absolute atomic E-state index is 13.9. The lowest BCUT2D eigenvalue weighted by Gasteiger charge is -2.37. The van der Waals surface area contributed by atoms with Gasteiger partial charge < -0.3 is 19.5 Å². The number of nitrogens with one attached hydrogen (secondary N) is 1. The lowest BCUT2D eigenvalue weighted by molar-refractivity contribution is -0.163. The Morgan fingerprint density at radius 1 is 0.958 bits per heavy atom. The van der Waals surface area contributed by atoms with Crippen LogP contribution in [0.2, 0.25) is 0 Å². The molecular formula is C38H42N4O5S. The van der Waals surface area contributed by atoms with Gasteiger partial charge in [-0.15, -0.1) is 0 Å². The van der Waals surface area contributed by atoms with Crippen molar-refractivity contribution in [3.8, 4) is 5.75 Å². The molecule has 250 valence electrons. The van der Waals surface area contributed by atoms with Gasteiger partial charge in [-0.3, -0.25) is 14.2 Å². The van der Waals surface area contributed by atoms with E-state index >= 15 is 0 Å². The van der Waals surface area contributed by atoms with Gasteiger partial charge in [0.25, 0.3) is 0 Å². The number of nitrogens with zero attached hydrogens (tertiary/aromatic N) is 3. The Morgan fingerprint density at radius 3 is 2.08 bits per heavy atom. The Bertz CT molecular complexity index is 1920. The minimum Gasteiger partial charge on any atom is -0.497 e. The molecule has 48 heavy (non-hydrogen) atoms. The number of benzene rings is 3. The molecule has 6 rings (SSSR count). The molecule has 3 aromatic carbocycles. The van der Waals surface area contributed by atoms with E-state index in [9.17, 15) is 9.59 Å². The number of carbonyl (C=O) groups is 1. The first-order valence-electron chi connectivity index (χ1n) is 16.2. The molecule has 9 nitrogen and oxygen atoms in total. The number of esters is 1. The van der Waals surface area contributed by atoms with E-state index in [0.29, 0.717) is 28.4 Å². The van der Waals surface area contributed by atoms with Crippen molar-refractivity contribution in [2.45, 2.75) is 71.4 Å². The summed E-state index contributed by atoms with van der Waals surface area (Å²) >= 11 is 1.10. The molecule has 1 fully saturated rings. The number of thiazole rings is 1. The molecule has 0 radical (unpaired) electrons. The van der Waals surface area contributed by atoms with Crippen LogP contribution < -0.4 is 14.9 Å². The average molecular weight is 667 g/mol. The van der Waals surface area contributed by atoms with Crippen LogP contribution in [-0.2, 0) is 19.8 Å². The molecule has 1 saturated heterocycles. The number of carbonyl (C=O) groups excluding carboxylic acids is 1. The zero-order chi connectivity index (χ0) is 34.2. The number of rotatable bonds is 10. The van der Waals surface area contributed by atoms with Gasteiger partial charge in [-0.25, -0.2) is 4.98 Å². The highest BCUT2D eigenvalue weighted by Crippen LogP contribution is 2.46. The van der Waals surface area contributed by atoms with E-state index in [1.807, 2.05) is 81.4 Å². The molecule has 3 atom stereocenters. The number of ether oxygens (including phenoxy) is 3. The number of methoxy groups -OCH3 is 1. The number of hydrogen-bond acceptors (Lipinski definition) is 9. The van der Waals surface area contributed by atoms with Crippen molar-refractivity contribution >= 4 is 33.6 Å². The quantitative estimate of drug-likeness (QED) is 0.121. The fourth-order valence-corrected chi connectivity index (χ4v) is 7.77. The molecule has 1 N–H and O–H groups in total. The predicted octanol–water partition coefficient (Wildman–Crippen LogP) is 7.48. The van der Waals surface area contributed by atoms with E-state index in [1.54, 1.807) is 11.7 Å². The lowest BCUT2D eigenvalue weighted by atomic mass is 9.77. The molecule has 10 heteroatoms. The Labute approximate surface area is 284 Å². The summed E-state index contributed by atoms with van der Waals surface area (Å²) in [5.41, 5.74) is 2.25. The first-order chi connectivity index (χ1) is 22.9. The van der Waals surface area contributed by atoms with E-state index in [1.165, 1.54) is 6.92 Å². The second-order valence-corrected chi connectivity index (χ2v) is 14.2. The summed E-state index contributed by atoms with van der Waals surface area (Å²) in [4.78, 5) is 35.8. The Hall–Kier alpha value is -4.54. The Balaban J connectivity index is 1.55. The van der Waals surface area contributed by atoms with Gasteiger partial charge in [0.2, 0.25) is 5.95 Å². The Kier molecular flexibility index (Phi) is 9.15. The molecule has 2 unspecified atom stereocenters. The van der Waals surface area contributed by atoms with Crippen LogP contribution in [0.3, 0.4) is 0 Å². The van der Waals surface area contributed by atoms with Crippen molar-refractivity contribution in [1.29, 1.82) is 0 Å². The highest BCUT2D eigenvalue weighted by molar-refractivity contribution is 7.16. The highest BCUT2D eigenvalue weighted by Gasteiger charge is 2.49. The predicted molar refractivity (Wildman–Crippen MR) is 188 cm³/mol. The summed E-state index contributed by atoms with van der Waals surface area (Å²) in [5.74, 6) is 0.622. The van der Waals surface area contributed by atoms with Crippen LogP contribution in [0.1, 0.15) is 69.7 Å². The topological polar surface area (TPSA) is 105 Å². The first kappa shape index (κ1) is 33.4. The summed E-state index contributed by atoms with van der Waals surface area (Å²) in [6.07, 6.45) is -0.190. The van der Waals surface area contributed by atoms with Crippen LogP contribution in [0, 0.1) is 18.8 Å². The van der Waals surface area contributed by atoms with Gasteiger partial charge in [0.05, 0.1) is 23.6 Å². The number of anilines is 1. The molecule has 0 aliphatic carbocycles. The van der Waals surface area contributed by atoms with Crippen molar-refractivity contribution in [3.63, 3.8) is 0 Å². The molecule has 1 aliphatic rings. The maximum atomic E-state index is 13.9. The number of fused-ring (bicyclic) bond motifs is 1. The van der Waals surface area contributed by atoms with Crippen LogP contribution in [-0.4, -0.2) is 39.3 Å². The molecule has 5 aromatic rings. The standard InChI is InChI=1S/C38H42N4O5S/c1-23(2)31-22-30(37(5,6)47-25(4)43)34(46-31)42-33-32(48-36(42)44)24(3)39-35(40-33)41-38(26-14-10-8-11-15-26,27-16-12-9-13-17-27)28-18-20-29(45-7)21-19-28/h8-21,23,30-31,34H,22H2,1-7H3,(H,39,40,41)/t30?,31-,34?/m0/s1. The van der Waals surface area contributed by atoms with Crippen LogP contribution in [0.15, 0.2) is 89.7 Å². The van der Waals surface area contributed by atoms with Gasteiger partial charge in [0.15, 0.2) is 5.65 Å². The van der Waals surface area contributed by atoms with Crippen molar-refractivity contribution in [2.24, 2.45) is 11.8 Å². The summed E-state index contributed by atoms with van der Waals surface area (Å²) in [6.45, 7) is 11.3. The van der Waals surface area contributed by atoms with Crippen molar-refractivity contribution in [1.82, 2.24) is 14.5 Å². The molecule has 0 bridgehead atoms. The van der Waals surface area contributed by atoms with Crippen LogP contribution in [0.5, 0.6) is 5.75 Å². The third-order valence-corrected chi connectivity index (χ3v) is 10.4. The molecule has 0 amide bonds. The second-order valence-electron chi connectivity index (χ2n) is 13.2. The SMILES string of the molecule is COc1ccc(C(Nc2nc(C)c3sc(=O)n(C4O[C@H](C(C)C)CC4C(C)(C)OC(C)=O)c3n2)(c2ccccc2)c2ccccc2)cc1. The van der Waals surface area contributed by atoms with Gasteiger partial charge in [0, 0.05) is 12.8 Å². The summed E-state index contributed by atoms with van der Waals surface area (Å²) in [6, 6.07) is 28.3. The van der Waals surface area contributed by atoms with Gasteiger partial charge in [-0.1, -0.05) is 98.0 Å². The smallest absolute Gasteiger partial charge is 0.311 e. The van der Waals surface area contributed by atoms with E-state index in [0.717, 1.165) is 33.8 Å². The fourth-order valence-electron chi connectivity index (χ4n) is 6.87. The fraction of sp³-hybridized carbons (Fsp3) is 0.368. The van der Waals surface area contributed by atoms with Crippen molar-refractivity contribution in [3.05, 3.63) is 117 Å². The normalized spacial score (nSPS) is 18.3. The van der Waals surface area contributed by atoms with Crippen molar-refractivity contribution in [2.75, 3.05) is 12.4 Å². The van der Waals surface area contributed by atoms with E-state index < -0.39 is 17.4 Å². The van der Waals surface area contributed by atoms with Gasteiger partial charge in [-0.2, -0.15) is 4.98 Å². The third kappa shape index (κ3) is 6.10. The molecular weight excluding hydrogens is 625 g/mol. The second kappa shape index (κ2) is 13.2. The number of aryl methyl sites for hydroxylation is 1. The minimum absolute atomic E-state index is 0.129. The van der Waals surface area contributed by atoms with Crippen LogP contribution in [0.4, 0.5) is 5.95 Å². The van der Waals surface area contributed by atoms with Crippen molar-refractivity contribution < 1.29 is 19.0 Å². The van der Waals surface area contributed by atoms with Gasteiger partial charge >= 0.3 is 10.8 Å². The van der Waals surface area contributed by atoms with Crippen LogP contribution in [0.25, 0.3) is 10.3 Å². The Morgan fingerprint density at radius 2 is 1.54 bits per heavy atom. The lowest BCUT2D eigenvalue weighted by Crippen LogP contribution is -2.41. The molecule has 1 aliphatic heterocycles. The molecule has 0 spiro atoms. The zero-order valence-electron chi connectivity index (χ0n) is 28.4. The van der Waals surface area contributed by atoms with E-state index in [-0.39, 0.29) is 28.8 Å². The molecule has 3 heterocycles. The largest absolute Gasteiger partial charge is 0.497 e. The summed E-state index contributed by atoms with van der Waals surface area (Å²) in [5, 5.41) is 3.75. The third-order valence-electron chi connectivity index (χ3n) is 9.31. The van der Waals surface area contributed by atoms with Gasteiger partial charge in [0.1, 0.15) is 23.1 Å². The molecule has 0 saturated carbocycles. The van der Waals surface area contributed by atoms with E-state index in [4.69, 9.17) is 24.2 Å².